The van der Waals surface area contributed by atoms with Gasteiger partial charge in [-0.2, -0.15) is 0 Å². The molecule has 2 rings (SSSR count). The smallest absolute Gasteiger partial charge is 0.161 e. The molecule has 0 aliphatic rings. The van der Waals surface area contributed by atoms with Gasteiger partial charge in [0, 0.05) is 12.1 Å². The fourth-order valence-electron chi connectivity index (χ4n) is 1.91. The number of nitrogens with one attached hydrogen (secondary N) is 1. The number of aryl methyl sites for hydroxylation is 2. The van der Waals surface area contributed by atoms with E-state index in [1.165, 1.54) is 12.1 Å². The maximum atomic E-state index is 13.5. The minimum atomic E-state index is -0.271. The molecule has 0 atom stereocenters. The van der Waals surface area contributed by atoms with Crippen molar-refractivity contribution < 1.29 is 4.39 Å². The molecule has 20 heavy (non-hydrogen) atoms. The van der Waals surface area contributed by atoms with E-state index >= 15 is 0 Å². The molecular formula is C15H17BrFN3. The van der Waals surface area contributed by atoms with Crippen LogP contribution in [-0.4, -0.2) is 16.5 Å². The summed E-state index contributed by atoms with van der Waals surface area (Å²) in [4.78, 5) is 8.92. The topological polar surface area (TPSA) is 37.8 Å². The maximum Gasteiger partial charge on any atom is 0.161 e. The Morgan fingerprint density at radius 3 is 2.60 bits per heavy atom. The van der Waals surface area contributed by atoms with Crippen LogP contribution in [0.1, 0.15) is 24.6 Å². The first kappa shape index (κ1) is 14.9. The molecule has 0 saturated carbocycles. The van der Waals surface area contributed by atoms with Crippen LogP contribution in [0.25, 0.3) is 11.4 Å². The van der Waals surface area contributed by atoms with E-state index in [0.717, 1.165) is 34.5 Å². The fourth-order valence-corrected chi connectivity index (χ4v) is 2.23. The number of benzene rings is 1. The van der Waals surface area contributed by atoms with Crippen molar-refractivity contribution >= 4 is 21.7 Å². The summed E-state index contributed by atoms with van der Waals surface area (Å²) in [5.74, 6) is 1.01. The summed E-state index contributed by atoms with van der Waals surface area (Å²) in [6.07, 6.45) is 1.00. The molecule has 0 unspecified atom stereocenters. The van der Waals surface area contributed by atoms with Crippen molar-refractivity contribution in [1.82, 2.24) is 9.97 Å². The number of aromatic nitrogens is 2. The van der Waals surface area contributed by atoms with Gasteiger partial charge in [-0.05, 0) is 60.0 Å². The minimum Gasteiger partial charge on any atom is -0.369 e. The van der Waals surface area contributed by atoms with E-state index in [-0.39, 0.29) is 5.82 Å². The molecule has 0 spiro atoms. The first-order valence-electron chi connectivity index (χ1n) is 6.57. The molecule has 0 bridgehead atoms. The van der Waals surface area contributed by atoms with Gasteiger partial charge in [-0.25, -0.2) is 14.4 Å². The van der Waals surface area contributed by atoms with Crippen molar-refractivity contribution in [3.05, 3.63) is 39.7 Å². The van der Waals surface area contributed by atoms with Crippen LogP contribution in [0, 0.1) is 19.7 Å². The monoisotopic (exact) mass is 337 g/mol. The SMILES string of the molecule is CCCNc1nc(-c2cc(C)cc(F)c2)nc(C)c1Br. The lowest BCUT2D eigenvalue weighted by Gasteiger charge is -2.11. The Hall–Kier alpha value is -1.49. The second-order valence-electron chi connectivity index (χ2n) is 4.74. The van der Waals surface area contributed by atoms with E-state index < -0.39 is 0 Å². The van der Waals surface area contributed by atoms with Crippen LogP contribution in [0.15, 0.2) is 22.7 Å². The van der Waals surface area contributed by atoms with E-state index in [1.54, 1.807) is 0 Å². The molecule has 106 valence electrons. The number of nitrogens with zero attached hydrogens (tertiary/aromatic N) is 2. The molecule has 0 fully saturated rings. The second kappa shape index (κ2) is 6.31. The van der Waals surface area contributed by atoms with Crippen LogP contribution in [0.2, 0.25) is 0 Å². The van der Waals surface area contributed by atoms with Crippen molar-refractivity contribution in [2.75, 3.05) is 11.9 Å². The van der Waals surface area contributed by atoms with E-state index in [9.17, 15) is 4.39 Å². The Kier molecular flexibility index (Phi) is 4.70. The zero-order chi connectivity index (χ0) is 14.7. The standard InChI is InChI=1S/C15H17BrFN3/c1-4-5-18-15-13(16)10(3)19-14(20-15)11-6-9(2)7-12(17)8-11/h6-8H,4-5H2,1-3H3,(H,18,19,20). The molecule has 1 aromatic heterocycles. The first-order chi connectivity index (χ1) is 9.51. The summed E-state index contributed by atoms with van der Waals surface area (Å²) in [7, 11) is 0. The van der Waals surface area contributed by atoms with Gasteiger partial charge in [-0.3, -0.25) is 0 Å². The fraction of sp³-hybridized carbons (Fsp3) is 0.333. The molecule has 5 heteroatoms. The van der Waals surface area contributed by atoms with Crippen LogP contribution < -0.4 is 5.32 Å². The van der Waals surface area contributed by atoms with E-state index in [4.69, 9.17) is 0 Å². The molecule has 0 radical (unpaired) electrons. The minimum absolute atomic E-state index is 0.271. The highest BCUT2D eigenvalue weighted by Crippen LogP contribution is 2.27. The Morgan fingerprint density at radius 1 is 1.20 bits per heavy atom. The highest BCUT2D eigenvalue weighted by Gasteiger charge is 2.11. The lowest BCUT2D eigenvalue weighted by molar-refractivity contribution is 0.627. The second-order valence-corrected chi connectivity index (χ2v) is 5.53. The average molecular weight is 338 g/mol. The zero-order valence-electron chi connectivity index (χ0n) is 11.8. The van der Waals surface area contributed by atoms with Crippen LogP contribution in [-0.2, 0) is 0 Å². The lowest BCUT2D eigenvalue weighted by Crippen LogP contribution is -2.06. The van der Waals surface area contributed by atoms with Gasteiger partial charge < -0.3 is 5.32 Å². The molecule has 2 aromatic rings. The van der Waals surface area contributed by atoms with Crippen LogP contribution in [0.5, 0.6) is 0 Å². The first-order valence-corrected chi connectivity index (χ1v) is 7.36. The van der Waals surface area contributed by atoms with Gasteiger partial charge >= 0.3 is 0 Å². The van der Waals surface area contributed by atoms with Gasteiger partial charge in [0.05, 0.1) is 10.2 Å². The molecule has 0 aliphatic heterocycles. The van der Waals surface area contributed by atoms with Crippen molar-refractivity contribution in [2.24, 2.45) is 0 Å². The maximum absolute atomic E-state index is 13.5. The number of anilines is 1. The largest absolute Gasteiger partial charge is 0.369 e. The summed E-state index contributed by atoms with van der Waals surface area (Å²) in [6, 6.07) is 4.83. The normalized spacial score (nSPS) is 10.7. The molecule has 0 amide bonds. The number of rotatable bonds is 4. The van der Waals surface area contributed by atoms with Gasteiger partial charge in [0.25, 0.3) is 0 Å². The molecule has 1 heterocycles. The zero-order valence-corrected chi connectivity index (χ0v) is 13.4. The summed E-state index contributed by atoms with van der Waals surface area (Å²) in [5.41, 5.74) is 2.38. The predicted octanol–water partition coefficient (Wildman–Crippen LogP) is 4.48. The summed E-state index contributed by atoms with van der Waals surface area (Å²) < 4.78 is 14.4. The number of halogens is 2. The summed E-state index contributed by atoms with van der Waals surface area (Å²) in [5, 5.41) is 3.25. The third kappa shape index (κ3) is 3.33. The van der Waals surface area contributed by atoms with E-state index in [1.807, 2.05) is 19.9 Å². The average Bonchev–Trinajstić information content (AvgIpc) is 2.39. The van der Waals surface area contributed by atoms with Gasteiger partial charge in [0.15, 0.2) is 5.82 Å². The van der Waals surface area contributed by atoms with Gasteiger partial charge in [-0.15, -0.1) is 0 Å². The van der Waals surface area contributed by atoms with Crippen molar-refractivity contribution in [3.8, 4) is 11.4 Å². The van der Waals surface area contributed by atoms with Crippen molar-refractivity contribution in [1.29, 1.82) is 0 Å². The van der Waals surface area contributed by atoms with Crippen molar-refractivity contribution in [2.45, 2.75) is 27.2 Å². The molecule has 1 aromatic carbocycles. The van der Waals surface area contributed by atoms with Crippen molar-refractivity contribution in [3.63, 3.8) is 0 Å². The quantitative estimate of drug-likeness (QED) is 0.893. The Labute approximate surface area is 126 Å². The number of hydrogen-bond donors (Lipinski definition) is 1. The Morgan fingerprint density at radius 2 is 1.95 bits per heavy atom. The number of hydrogen-bond acceptors (Lipinski definition) is 3. The lowest BCUT2D eigenvalue weighted by atomic mass is 10.1. The third-order valence-electron chi connectivity index (χ3n) is 2.86. The van der Waals surface area contributed by atoms with Gasteiger partial charge in [0.1, 0.15) is 11.6 Å². The van der Waals surface area contributed by atoms with Crippen LogP contribution in [0.4, 0.5) is 10.2 Å². The molecule has 3 nitrogen and oxygen atoms in total. The van der Waals surface area contributed by atoms with E-state index in [0.29, 0.717) is 11.4 Å². The third-order valence-corrected chi connectivity index (χ3v) is 3.81. The Balaban J connectivity index is 2.48. The molecule has 1 N–H and O–H groups in total. The van der Waals surface area contributed by atoms with Gasteiger partial charge in [-0.1, -0.05) is 6.92 Å². The van der Waals surface area contributed by atoms with Crippen LogP contribution in [0.3, 0.4) is 0 Å². The highest BCUT2D eigenvalue weighted by molar-refractivity contribution is 9.10. The molecule has 0 saturated heterocycles. The van der Waals surface area contributed by atoms with Crippen LogP contribution >= 0.6 is 15.9 Å². The van der Waals surface area contributed by atoms with Gasteiger partial charge in [0.2, 0.25) is 0 Å². The summed E-state index contributed by atoms with van der Waals surface area (Å²) >= 11 is 3.48. The van der Waals surface area contributed by atoms with E-state index in [2.05, 4.69) is 38.1 Å². The predicted molar refractivity (Wildman–Crippen MR) is 83.4 cm³/mol. The molecular weight excluding hydrogens is 321 g/mol. The molecule has 0 aliphatic carbocycles. The summed E-state index contributed by atoms with van der Waals surface area (Å²) in [6.45, 7) is 6.68. The Bertz CT molecular complexity index is 609. The highest BCUT2D eigenvalue weighted by atomic mass is 79.9.